The molecule has 0 amide bonds. The quantitative estimate of drug-likeness (QED) is 0.199. The molecule has 0 fully saturated rings. The van der Waals surface area contributed by atoms with Gasteiger partial charge in [-0.2, -0.15) is 0 Å². The van der Waals surface area contributed by atoms with Crippen molar-refractivity contribution >= 4 is 75.3 Å². The van der Waals surface area contributed by atoms with E-state index in [9.17, 15) is 2.74 Å². The molecule has 0 aliphatic heterocycles. The second-order valence-electron chi connectivity index (χ2n) is 9.98. The van der Waals surface area contributed by atoms with Crippen LogP contribution < -0.4 is 0 Å². The first kappa shape index (κ1) is 12.3. The molecule has 0 saturated heterocycles. The van der Waals surface area contributed by atoms with Crippen LogP contribution in [0, 0.1) is 0 Å². The number of hydrogen-bond donors (Lipinski definition) is 0. The molecule has 0 aliphatic carbocycles. The summed E-state index contributed by atoms with van der Waals surface area (Å²) in [6.45, 7) is 0. The maximum atomic E-state index is 9.29. The fourth-order valence-corrected chi connectivity index (χ4v) is 6.76. The number of para-hydroxylation sites is 5. The molecule has 0 unspecified atom stereocenters. The highest BCUT2D eigenvalue weighted by Gasteiger charge is 2.18. The highest BCUT2D eigenvalue weighted by Crippen LogP contribution is 2.40. The second kappa shape index (κ2) is 9.36. The average molecular weight is 613 g/mol. The van der Waals surface area contributed by atoms with Crippen LogP contribution >= 0.6 is 11.3 Å². The minimum Gasteiger partial charge on any atom is -0.309 e. The summed E-state index contributed by atoms with van der Waals surface area (Å²) in [7, 11) is 0. The molecule has 0 bridgehead atoms. The van der Waals surface area contributed by atoms with Gasteiger partial charge in [0.2, 0.25) is 5.95 Å². The standard InChI is InChI=1S/C40H24N4S/c1-6-16-32(43-33-17-7-2-12-27(33)28-13-3-8-18-34(28)43)26(11-1)25-21-22-37-31(23-25)39-38(45-37)24-41-40(42-39)44-35-19-9-4-14-29(35)30-15-5-10-20-36(30)44/h1-24H/i1D,2D,3D,4D,5D,6D,7D,8D,9D,10D,11D,12D,13D,14D,15D,16D,17D,18D,19D,20D. The van der Waals surface area contributed by atoms with Gasteiger partial charge in [0.05, 0.1) is 71.6 Å². The largest absolute Gasteiger partial charge is 0.309 e. The van der Waals surface area contributed by atoms with Crippen molar-refractivity contribution in [3.8, 4) is 22.8 Å². The molecule has 0 N–H and O–H groups in total. The third-order valence-electron chi connectivity index (χ3n) is 7.64. The number of hydrogen-bond acceptors (Lipinski definition) is 3. The molecule has 45 heavy (non-hydrogen) atoms. The summed E-state index contributed by atoms with van der Waals surface area (Å²) < 4.78 is 178. The fourth-order valence-electron chi connectivity index (χ4n) is 5.76. The zero-order valence-electron chi connectivity index (χ0n) is 42.5. The van der Waals surface area contributed by atoms with Crippen LogP contribution in [0.3, 0.4) is 0 Å². The molecular formula is C40H24N4S. The molecule has 10 aromatic rings. The molecule has 5 heteroatoms. The highest BCUT2D eigenvalue weighted by atomic mass is 32.1. The zero-order valence-corrected chi connectivity index (χ0v) is 23.3. The van der Waals surface area contributed by atoms with Gasteiger partial charge in [-0.15, -0.1) is 11.3 Å². The van der Waals surface area contributed by atoms with E-state index in [0.29, 0.717) is 14.8 Å². The SMILES string of the molecule is [2H]c1c([2H])c([2H])c(-n2c3c([2H])c([2H])c([2H])c([2H])c3c3c([2H])c([2H])c([2H])c([2H])c32)c(-c2ccc3sc4cnc(-n5c6c([2H])c([2H])c([2H])c([2H])c6c6c([2H])c([2H])c([2H])c([2H])c65)nc4c3c2)c1[2H]. The number of aromatic nitrogens is 4. The Morgan fingerprint density at radius 3 is 1.69 bits per heavy atom. The van der Waals surface area contributed by atoms with Crippen molar-refractivity contribution in [3.05, 3.63) is 145 Å². The predicted octanol–water partition coefficient (Wildman–Crippen LogP) is 10.7. The Bertz CT molecular complexity index is 3760. The molecule has 0 aliphatic rings. The zero-order chi connectivity index (χ0) is 46.9. The smallest absolute Gasteiger partial charge is 0.235 e. The van der Waals surface area contributed by atoms with Gasteiger partial charge in [-0.25, -0.2) is 9.97 Å². The lowest BCUT2D eigenvalue weighted by atomic mass is 10.0. The van der Waals surface area contributed by atoms with Gasteiger partial charge in [0.1, 0.15) is 0 Å². The normalized spacial score (nSPS) is 18.2. The van der Waals surface area contributed by atoms with Gasteiger partial charge in [-0.1, -0.05) is 96.7 Å². The third kappa shape index (κ3) is 3.53. The van der Waals surface area contributed by atoms with Crippen molar-refractivity contribution in [2.45, 2.75) is 0 Å². The number of benzene rings is 6. The van der Waals surface area contributed by atoms with Crippen molar-refractivity contribution in [1.82, 2.24) is 19.1 Å². The lowest BCUT2D eigenvalue weighted by molar-refractivity contribution is 1.01. The summed E-state index contributed by atoms with van der Waals surface area (Å²) in [5.74, 6) is -0.228. The number of nitrogens with zero attached hydrogens (tertiary/aromatic N) is 4. The average Bonchev–Trinajstić information content (AvgIpc) is 3.97. The number of fused-ring (bicyclic) bond motifs is 9. The first-order valence-corrected chi connectivity index (χ1v) is 14.3. The van der Waals surface area contributed by atoms with Gasteiger partial charge in [0, 0.05) is 37.2 Å². The second-order valence-corrected chi connectivity index (χ2v) is 11.1. The van der Waals surface area contributed by atoms with Crippen LogP contribution in [0.2, 0.25) is 0 Å². The van der Waals surface area contributed by atoms with E-state index in [1.165, 1.54) is 17.5 Å². The van der Waals surface area contributed by atoms with Crippen LogP contribution in [-0.2, 0) is 0 Å². The minimum absolute atomic E-state index is 0.121. The van der Waals surface area contributed by atoms with E-state index >= 15 is 0 Å². The van der Waals surface area contributed by atoms with Gasteiger partial charge in [0.15, 0.2) is 0 Å². The summed E-state index contributed by atoms with van der Waals surface area (Å²) in [6.07, 6.45) is 1.43. The Morgan fingerprint density at radius 2 is 1.07 bits per heavy atom. The van der Waals surface area contributed by atoms with Crippen LogP contribution in [0.15, 0.2) is 145 Å². The van der Waals surface area contributed by atoms with Crippen molar-refractivity contribution in [2.24, 2.45) is 0 Å². The van der Waals surface area contributed by atoms with Gasteiger partial charge in [0.25, 0.3) is 0 Å². The van der Waals surface area contributed by atoms with Gasteiger partial charge >= 0.3 is 0 Å². The first-order chi connectivity index (χ1) is 30.6. The van der Waals surface area contributed by atoms with Crippen molar-refractivity contribution < 1.29 is 27.4 Å². The Balaban J connectivity index is 1.33. The number of rotatable bonds is 3. The fraction of sp³-hybridized carbons (Fsp3) is 0. The maximum absolute atomic E-state index is 9.29. The Hall–Kier alpha value is -5.78. The van der Waals surface area contributed by atoms with Crippen LogP contribution in [0.4, 0.5) is 0 Å². The van der Waals surface area contributed by atoms with E-state index in [4.69, 9.17) is 29.7 Å². The molecule has 4 aromatic heterocycles. The summed E-state index contributed by atoms with van der Waals surface area (Å²) in [5, 5.41) is -0.561. The first-order valence-electron chi connectivity index (χ1n) is 23.5. The Labute approximate surface area is 290 Å². The molecule has 4 heterocycles. The van der Waals surface area contributed by atoms with Crippen LogP contribution in [0.25, 0.3) is 86.7 Å². The van der Waals surface area contributed by atoms with E-state index in [1.807, 2.05) is 0 Å². The molecule has 6 aromatic carbocycles. The monoisotopic (exact) mass is 612 g/mol. The molecule has 0 spiro atoms. The van der Waals surface area contributed by atoms with E-state index in [-0.39, 0.29) is 71.9 Å². The van der Waals surface area contributed by atoms with E-state index in [1.54, 1.807) is 18.2 Å². The summed E-state index contributed by atoms with van der Waals surface area (Å²) in [4.78, 5) is 9.33. The Morgan fingerprint density at radius 1 is 0.533 bits per heavy atom. The van der Waals surface area contributed by atoms with Crippen LogP contribution in [0.5, 0.6) is 0 Å². The van der Waals surface area contributed by atoms with E-state index in [2.05, 4.69) is 4.98 Å². The van der Waals surface area contributed by atoms with E-state index in [0.717, 1.165) is 9.13 Å². The van der Waals surface area contributed by atoms with Gasteiger partial charge < -0.3 is 4.57 Å². The molecule has 0 saturated carbocycles. The van der Waals surface area contributed by atoms with Gasteiger partial charge in [-0.05, 0) is 47.9 Å². The summed E-state index contributed by atoms with van der Waals surface area (Å²) >= 11 is 1.23. The lowest BCUT2D eigenvalue weighted by Gasteiger charge is -2.14. The topological polar surface area (TPSA) is 35.6 Å². The lowest BCUT2D eigenvalue weighted by Crippen LogP contribution is -2.00. The molecule has 0 radical (unpaired) electrons. The molecule has 210 valence electrons. The summed E-state index contributed by atoms with van der Waals surface area (Å²) in [5.41, 5.74) is -1.36. The van der Waals surface area contributed by atoms with Crippen molar-refractivity contribution in [2.75, 3.05) is 0 Å². The Kier molecular flexibility index (Phi) is 2.56. The molecule has 0 atom stereocenters. The predicted molar refractivity (Wildman–Crippen MR) is 189 cm³/mol. The van der Waals surface area contributed by atoms with Crippen molar-refractivity contribution in [1.29, 1.82) is 0 Å². The highest BCUT2D eigenvalue weighted by molar-refractivity contribution is 7.25. The number of thiophene rings is 1. The molecule has 10 rings (SSSR count). The van der Waals surface area contributed by atoms with Crippen LogP contribution in [-0.4, -0.2) is 19.1 Å². The maximum Gasteiger partial charge on any atom is 0.235 e. The summed E-state index contributed by atoms with van der Waals surface area (Å²) in [6, 6.07) is -8.13. The van der Waals surface area contributed by atoms with Crippen molar-refractivity contribution in [3.63, 3.8) is 0 Å². The minimum atomic E-state index is -0.744. The van der Waals surface area contributed by atoms with Gasteiger partial charge in [-0.3, -0.25) is 4.57 Å². The molecule has 4 nitrogen and oxygen atoms in total. The molecular weight excluding hydrogens is 569 g/mol. The van der Waals surface area contributed by atoms with E-state index < -0.39 is 121 Å². The third-order valence-corrected chi connectivity index (χ3v) is 8.74. The van der Waals surface area contributed by atoms with Crippen LogP contribution in [0.1, 0.15) is 27.4 Å².